The first-order chi connectivity index (χ1) is 19.8. The van der Waals surface area contributed by atoms with Crippen LogP contribution in [0.25, 0.3) is 17.4 Å². The second kappa shape index (κ2) is 11.8. The molecule has 1 aliphatic rings. The number of ether oxygens (including phenoxy) is 4. The molecule has 3 heterocycles. The summed E-state index contributed by atoms with van der Waals surface area (Å²) in [6.45, 7) is 3.62. The highest BCUT2D eigenvalue weighted by Crippen LogP contribution is 2.42. The van der Waals surface area contributed by atoms with E-state index in [1.54, 1.807) is 32.1 Å². The molecule has 0 amide bonds. The predicted octanol–water partition coefficient (Wildman–Crippen LogP) is 4.85. The number of fused-ring (bicyclic) bond motifs is 1. The van der Waals surface area contributed by atoms with Gasteiger partial charge < -0.3 is 23.4 Å². The van der Waals surface area contributed by atoms with E-state index in [4.69, 9.17) is 23.4 Å². The molecule has 5 rings (SSSR count). The molecule has 1 unspecified atom stereocenters. The molecule has 0 saturated heterocycles. The summed E-state index contributed by atoms with van der Waals surface area (Å²) in [4.78, 5) is 32.3. The van der Waals surface area contributed by atoms with Gasteiger partial charge in [0, 0.05) is 16.1 Å². The van der Waals surface area contributed by atoms with Crippen molar-refractivity contribution in [1.82, 2.24) is 4.57 Å². The summed E-state index contributed by atoms with van der Waals surface area (Å²) in [5.74, 6) is 1.79. The Kier molecular flexibility index (Phi) is 8.18. The first-order valence-electron chi connectivity index (χ1n) is 12.6. The maximum absolute atomic E-state index is 14.0. The van der Waals surface area contributed by atoms with Crippen molar-refractivity contribution < 1.29 is 28.2 Å². The molecule has 2 aromatic heterocycles. The Hall–Kier alpha value is -4.09. The highest BCUT2D eigenvalue weighted by Gasteiger charge is 2.34. The Morgan fingerprint density at radius 3 is 2.37 bits per heavy atom. The molecule has 0 N–H and O–H groups in total. The van der Waals surface area contributed by atoms with Gasteiger partial charge in [0.1, 0.15) is 11.5 Å². The van der Waals surface area contributed by atoms with Crippen LogP contribution in [0.4, 0.5) is 0 Å². The molecule has 212 valence electrons. The van der Waals surface area contributed by atoms with E-state index in [9.17, 15) is 9.59 Å². The molecule has 2 aromatic carbocycles. The summed E-state index contributed by atoms with van der Waals surface area (Å²) >= 11 is 4.65. The van der Waals surface area contributed by atoms with E-state index in [2.05, 4.69) is 20.9 Å². The van der Waals surface area contributed by atoms with Crippen LogP contribution in [0.1, 0.15) is 31.2 Å². The summed E-state index contributed by atoms with van der Waals surface area (Å²) in [5.41, 5.74) is 1.84. The number of allylic oxidation sites excluding steroid dienone is 1. The minimum Gasteiger partial charge on any atom is -0.493 e. The first-order valence-corrected chi connectivity index (χ1v) is 14.3. The molecule has 41 heavy (non-hydrogen) atoms. The zero-order chi connectivity index (χ0) is 29.3. The van der Waals surface area contributed by atoms with E-state index in [0.29, 0.717) is 49.4 Å². The molecule has 0 saturated carbocycles. The van der Waals surface area contributed by atoms with Crippen molar-refractivity contribution in [3.8, 4) is 28.6 Å². The molecule has 0 fully saturated rings. The topological polar surface area (TPSA) is 101 Å². The highest BCUT2D eigenvalue weighted by atomic mass is 79.9. The predicted molar refractivity (Wildman–Crippen MR) is 158 cm³/mol. The van der Waals surface area contributed by atoms with Crippen LogP contribution >= 0.6 is 27.3 Å². The Morgan fingerprint density at radius 2 is 1.76 bits per heavy atom. The number of esters is 1. The van der Waals surface area contributed by atoms with Gasteiger partial charge in [-0.2, -0.15) is 0 Å². The van der Waals surface area contributed by atoms with Crippen LogP contribution < -0.4 is 29.1 Å². The average molecular weight is 640 g/mol. The molecule has 11 heteroatoms. The SMILES string of the molecule is CCOC(=O)C1=C(C)N=c2s/c(=C\c3ccc(-c4ccc(Br)cc4)o3)c(=O)n2C1c1cc(OC)c(OC)c(OC)c1. The Balaban J connectivity index is 1.69. The van der Waals surface area contributed by atoms with Crippen molar-refractivity contribution in [3.05, 3.63) is 95.3 Å². The molecule has 9 nitrogen and oxygen atoms in total. The fourth-order valence-electron chi connectivity index (χ4n) is 4.70. The molecule has 0 spiro atoms. The maximum Gasteiger partial charge on any atom is 0.338 e. The van der Waals surface area contributed by atoms with E-state index >= 15 is 0 Å². The van der Waals surface area contributed by atoms with Crippen LogP contribution in [0, 0.1) is 0 Å². The van der Waals surface area contributed by atoms with E-state index in [-0.39, 0.29) is 17.7 Å². The molecule has 0 radical (unpaired) electrons. The Labute approximate surface area is 248 Å². The van der Waals surface area contributed by atoms with Gasteiger partial charge >= 0.3 is 5.97 Å². The fourth-order valence-corrected chi connectivity index (χ4v) is 5.99. The third-order valence-corrected chi connectivity index (χ3v) is 8.06. The molecule has 0 aliphatic carbocycles. The van der Waals surface area contributed by atoms with E-state index in [1.807, 2.05) is 36.4 Å². The quantitative estimate of drug-likeness (QED) is 0.254. The van der Waals surface area contributed by atoms with Crippen LogP contribution in [0.15, 0.2) is 78.5 Å². The van der Waals surface area contributed by atoms with Crippen molar-refractivity contribution in [1.29, 1.82) is 0 Å². The van der Waals surface area contributed by atoms with Crippen molar-refractivity contribution in [2.24, 2.45) is 4.99 Å². The monoisotopic (exact) mass is 638 g/mol. The van der Waals surface area contributed by atoms with Crippen molar-refractivity contribution >= 4 is 39.3 Å². The third-order valence-electron chi connectivity index (χ3n) is 6.55. The number of benzene rings is 2. The molecule has 1 aliphatic heterocycles. The van der Waals surface area contributed by atoms with Crippen molar-refractivity contribution in [2.75, 3.05) is 27.9 Å². The number of carbonyl (C=O) groups is 1. The number of hydrogen-bond donors (Lipinski definition) is 0. The lowest BCUT2D eigenvalue weighted by Crippen LogP contribution is -2.40. The van der Waals surface area contributed by atoms with Crippen LogP contribution in [0.3, 0.4) is 0 Å². The van der Waals surface area contributed by atoms with Gasteiger partial charge in [-0.05, 0) is 55.8 Å². The van der Waals surface area contributed by atoms with E-state index in [1.165, 1.54) is 37.2 Å². The first kappa shape index (κ1) is 28.4. The maximum atomic E-state index is 14.0. The van der Waals surface area contributed by atoms with Gasteiger partial charge in [0.25, 0.3) is 5.56 Å². The van der Waals surface area contributed by atoms with Gasteiger partial charge in [0.2, 0.25) is 5.75 Å². The zero-order valence-corrected chi connectivity index (χ0v) is 25.4. The normalized spacial score (nSPS) is 14.9. The standard InChI is InChI=1S/C30H27BrN2O7S/c1-6-39-29(35)25-16(2)32-30-33(26(25)18-13-22(36-3)27(38-5)23(14-18)37-4)28(34)24(41-30)15-20-11-12-21(40-20)17-7-9-19(31)10-8-17/h7-15,26H,6H2,1-5H3/b24-15-. The third kappa shape index (κ3) is 5.34. The minimum atomic E-state index is -0.851. The number of methoxy groups -OCH3 is 3. The minimum absolute atomic E-state index is 0.168. The molecule has 0 bridgehead atoms. The average Bonchev–Trinajstić information content (AvgIpc) is 3.56. The zero-order valence-electron chi connectivity index (χ0n) is 23.0. The lowest BCUT2D eigenvalue weighted by Gasteiger charge is -2.26. The highest BCUT2D eigenvalue weighted by molar-refractivity contribution is 9.10. The number of thiazole rings is 1. The van der Waals surface area contributed by atoms with Gasteiger partial charge in [-0.3, -0.25) is 9.36 Å². The molecule has 4 aromatic rings. The number of rotatable bonds is 8. The van der Waals surface area contributed by atoms with Gasteiger partial charge in [-0.1, -0.05) is 39.4 Å². The van der Waals surface area contributed by atoms with Gasteiger partial charge in [-0.15, -0.1) is 0 Å². The van der Waals surface area contributed by atoms with Gasteiger partial charge in [0.15, 0.2) is 16.3 Å². The van der Waals surface area contributed by atoms with Crippen molar-refractivity contribution in [2.45, 2.75) is 19.9 Å². The summed E-state index contributed by atoms with van der Waals surface area (Å²) in [7, 11) is 4.52. The molecule has 1 atom stereocenters. The van der Waals surface area contributed by atoms with Crippen LogP contribution in [-0.2, 0) is 9.53 Å². The number of aromatic nitrogens is 1. The Bertz CT molecular complexity index is 1810. The number of furan rings is 1. The summed E-state index contributed by atoms with van der Waals surface area (Å²) in [6, 6.07) is 14.0. The van der Waals surface area contributed by atoms with Crippen LogP contribution in [0.5, 0.6) is 17.2 Å². The Morgan fingerprint density at radius 1 is 1.07 bits per heavy atom. The fraction of sp³-hybridized carbons (Fsp3) is 0.233. The molecular weight excluding hydrogens is 612 g/mol. The second-order valence-corrected chi connectivity index (χ2v) is 10.9. The van der Waals surface area contributed by atoms with E-state index < -0.39 is 12.0 Å². The summed E-state index contributed by atoms with van der Waals surface area (Å²) < 4.78 is 30.9. The lowest BCUT2D eigenvalue weighted by molar-refractivity contribution is -0.139. The van der Waals surface area contributed by atoms with Gasteiger partial charge in [-0.25, -0.2) is 9.79 Å². The van der Waals surface area contributed by atoms with E-state index in [0.717, 1.165) is 10.0 Å². The van der Waals surface area contributed by atoms with Crippen LogP contribution in [0.2, 0.25) is 0 Å². The number of halogens is 1. The molecular formula is C30H27BrN2O7S. The van der Waals surface area contributed by atoms with Crippen molar-refractivity contribution in [3.63, 3.8) is 0 Å². The largest absolute Gasteiger partial charge is 0.493 e. The summed E-state index contributed by atoms with van der Waals surface area (Å²) in [5, 5.41) is 0. The lowest BCUT2D eigenvalue weighted by atomic mass is 9.95. The number of hydrogen-bond acceptors (Lipinski definition) is 9. The summed E-state index contributed by atoms with van der Waals surface area (Å²) in [6.07, 6.45) is 1.68. The number of carbonyl (C=O) groups excluding carboxylic acids is 1. The smallest absolute Gasteiger partial charge is 0.338 e. The van der Waals surface area contributed by atoms with Crippen LogP contribution in [-0.4, -0.2) is 38.5 Å². The van der Waals surface area contributed by atoms with Gasteiger partial charge in [0.05, 0.1) is 49.8 Å². The second-order valence-electron chi connectivity index (χ2n) is 8.97. The number of nitrogens with zero attached hydrogens (tertiary/aromatic N) is 2.